The fraction of sp³-hybridized carbons (Fsp3) is 0.304. The van der Waals surface area contributed by atoms with Crippen molar-refractivity contribution in [2.24, 2.45) is 5.92 Å². The zero-order valence-electron chi connectivity index (χ0n) is 16.8. The summed E-state index contributed by atoms with van der Waals surface area (Å²) in [5, 5.41) is 6.23. The lowest BCUT2D eigenvalue weighted by Crippen LogP contribution is -2.37. The van der Waals surface area contributed by atoms with E-state index in [2.05, 4.69) is 27.5 Å². The highest BCUT2D eigenvalue weighted by molar-refractivity contribution is 6.09. The summed E-state index contributed by atoms with van der Waals surface area (Å²) in [7, 11) is 0. The lowest BCUT2D eigenvalue weighted by atomic mass is 9.74. The van der Waals surface area contributed by atoms with Crippen LogP contribution in [0.2, 0.25) is 0 Å². The Hall–Kier alpha value is -3.28. The number of Topliss-reactive ketones (excluding diaryl/α,β-unsaturated/α-hetero) is 1. The summed E-state index contributed by atoms with van der Waals surface area (Å²) >= 11 is 0. The minimum atomic E-state index is -0.489. The molecule has 2 aromatic heterocycles. The smallest absolute Gasteiger partial charge is 0.255 e. The molecule has 6 nitrogen and oxygen atoms in total. The second-order valence-electron chi connectivity index (χ2n) is 7.80. The Morgan fingerprint density at radius 2 is 1.97 bits per heavy atom. The maximum absolute atomic E-state index is 13.3. The number of aromatic nitrogens is 2. The lowest BCUT2D eigenvalue weighted by molar-refractivity contribution is -0.117. The van der Waals surface area contributed by atoms with Gasteiger partial charge in [-0.25, -0.2) is 4.98 Å². The predicted octanol–water partition coefficient (Wildman–Crippen LogP) is 3.64. The van der Waals surface area contributed by atoms with Gasteiger partial charge >= 0.3 is 0 Å². The number of allylic oxidation sites excluding steroid dienone is 3. The number of hydrogen-bond acceptors (Lipinski definition) is 5. The summed E-state index contributed by atoms with van der Waals surface area (Å²) in [4.78, 5) is 35.2. The second-order valence-corrected chi connectivity index (χ2v) is 7.80. The van der Waals surface area contributed by atoms with Crippen molar-refractivity contribution in [3.8, 4) is 0 Å². The molecule has 0 fully saturated rings. The fourth-order valence-corrected chi connectivity index (χ4v) is 4.17. The first-order valence-electron chi connectivity index (χ1n) is 9.84. The molecule has 2 N–H and O–H groups in total. The SMILES string of the molecule is CC1=C(C(=O)Nc2cccc(C)n2)C(c2ccccn2)C2=C(CC(C)CC2=O)N1. The molecule has 1 amide bonds. The second kappa shape index (κ2) is 7.62. The van der Waals surface area contributed by atoms with Gasteiger partial charge < -0.3 is 10.6 Å². The molecule has 2 atom stereocenters. The summed E-state index contributed by atoms with van der Waals surface area (Å²) in [5.41, 5.74) is 4.34. The van der Waals surface area contributed by atoms with Crippen LogP contribution in [0, 0.1) is 12.8 Å². The van der Waals surface area contributed by atoms with Crippen LogP contribution in [0.5, 0.6) is 0 Å². The zero-order chi connectivity index (χ0) is 20.5. The first kappa shape index (κ1) is 19.1. The Kier molecular flexibility index (Phi) is 5.01. The zero-order valence-corrected chi connectivity index (χ0v) is 16.8. The molecule has 2 aromatic rings. The number of amides is 1. The van der Waals surface area contributed by atoms with E-state index in [1.807, 2.05) is 44.2 Å². The first-order chi connectivity index (χ1) is 13.9. The summed E-state index contributed by atoms with van der Waals surface area (Å²) in [6.07, 6.45) is 2.97. The van der Waals surface area contributed by atoms with Crippen LogP contribution in [-0.4, -0.2) is 21.7 Å². The molecule has 29 heavy (non-hydrogen) atoms. The number of hydrogen-bond donors (Lipinski definition) is 2. The van der Waals surface area contributed by atoms with Gasteiger partial charge in [0.1, 0.15) is 5.82 Å². The van der Waals surface area contributed by atoms with Crippen molar-refractivity contribution in [3.05, 3.63) is 76.5 Å². The van der Waals surface area contributed by atoms with Crippen LogP contribution in [0.15, 0.2) is 65.1 Å². The molecule has 0 saturated carbocycles. The van der Waals surface area contributed by atoms with Gasteiger partial charge in [0.25, 0.3) is 5.91 Å². The van der Waals surface area contributed by atoms with Crippen molar-refractivity contribution in [2.75, 3.05) is 5.32 Å². The van der Waals surface area contributed by atoms with Crippen molar-refractivity contribution in [3.63, 3.8) is 0 Å². The molecule has 2 aliphatic rings. The quantitative estimate of drug-likeness (QED) is 0.839. The maximum atomic E-state index is 13.3. The monoisotopic (exact) mass is 388 g/mol. The summed E-state index contributed by atoms with van der Waals surface area (Å²) in [6, 6.07) is 11.1. The number of dihydropyridines is 1. The summed E-state index contributed by atoms with van der Waals surface area (Å²) < 4.78 is 0. The van der Waals surface area contributed by atoms with E-state index in [1.54, 1.807) is 12.3 Å². The van der Waals surface area contributed by atoms with E-state index >= 15 is 0 Å². The van der Waals surface area contributed by atoms with Gasteiger partial charge in [-0.1, -0.05) is 19.1 Å². The number of anilines is 1. The third kappa shape index (κ3) is 3.70. The Bertz CT molecular complexity index is 1040. The third-order valence-electron chi connectivity index (χ3n) is 5.39. The van der Waals surface area contributed by atoms with Gasteiger partial charge in [0.05, 0.1) is 11.6 Å². The lowest BCUT2D eigenvalue weighted by Gasteiger charge is -2.35. The Labute approximate surface area is 170 Å². The van der Waals surface area contributed by atoms with Crippen LogP contribution in [0.1, 0.15) is 44.0 Å². The van der Waals surface area contributed by atoms with Crippen LogP contribution in [0.25, 0.3) is 0 Å². The van der Waals surface area contributed by atoms with Gasteiger partial charge in [-0.05, 0) is 50.5 Å². The molecule has 0 saturated heterocycles. The van der Waals surface area contributed by atoms with Crippen LogP contribution < -0.4 is 10.6 Å². The number of ketones is 1. The standard InChI is InChI=1S/C23H24N4O2/c1-13-11-17-21(18(28)12-13)22(16-8-4-5-10-24-16)20(15(3)26-17)23(29)27-19-9-6-7-14(2)25-19/h4-10,13,22,26H,11-12H2,1-3H3,(H,25,27,29). The molecule has 1 aliphatic carbocycles. The van der Waals surface area contributed by atoms with E-state index < -0.39 is 5.92 Å². The predicted molar refractivity (Wildman–Crippen MR) is 111 cm³/mol. The van der Waals surface area contributed by atoms with E-state index in [0.29, 0.717) is 29.1 Å². The van der Waals surface area contributed by atoms with Crippen molar-refractivity contribution in [2.45, 2.75) is 39.5 Å². The number of pyridine rings is 2. The van der Waals surface area contributed by atoms with E-state index in [1.165, 1.54) is 0 Å². The molecule has 1 aliphatic heterocycles. The van der Waals surface area contributed by atoms with Crippen molar-refractivity contribution < 1.29 is 9.59 Å². The highest BCUT2D eigenvalue weighted by atomic mass is 16.2. The van der Waals surface area contributed by atoms with Crippen molar-refractivity contribution in [1.82, 2.24) is 15.3 Å². The van der Waals surface area contributed by atoms with Gasteiger partial charge in [-0.2, -0.15) is 0 Å². The van der Waals surface area contributed by atoms with Crippen LogP contribution in [-0.2, 0) is 9.59 Å². The summed E-state index contributed by atoms with van der Waals surface area (Å²) in [5.74, 6) is 0.0728. The number of rotatable bonds is 3. The van der Waals surface area contributed by atoms with Crippen LogP contribution in [0.4, 0.5) is 5.82 Å². The Balaban J connectivity index is 1.78. The van der Waals surface area contributed by atoms with Crippen molar-refractivity contribution >= 4 is 17.5 Å². The number of aryl methyl sites for hydroxylation is 1. The average molecular weight is 388 g/mol. The molecular weight excluding hydrogens is 364 g/mol. The van der Waals surface area contributed by atoms with E-state index in [-0.39, 0.29) is 17.6 Å². The molecule has 6 heteroatoms. The molecule has 4 rings (SSSR count). The minimum absolute atomic E-state index is 0.0772. The van der Waals surface area contributed by atoms with E-state index in [4.69, 9.17) is 0 Å². The minimum Gasteiger partial charge on any atom is -0.362 e. The molecule has 0 spiro atoms. The molecule has 0 radical (unpaired) electrons. The molecule has 0 aromatic carbocycles. The highest BCUT2D eigenvalue weighted by Crippen LogP contribution is 2.42. The van der Waals surface area contributed by atoms with Gasteiger partial charge in [-0.3, -0.25) is 14.6 Å². The fourth-order valence-electron chi connectivity index (χ4n) is 4.17. The van der Waals surface area contributed by atoms with Crippen LogP contribution >= 0.6 is 0 Å². The number of carbonyl (C=O) groups excluding carboxylic acids is 2. The number of nitrogens with zero attached hydrogens (tertiary/aromatic N) is 2. The van der Waals surface area contributed by atoms with Crippen molar-refractivity contribution in [1.29, 1.82) is 0 Å². The van der Waals surface area contributed by atoms with E-state index in [0.717, 1.165) is 23.5 Å². The van der Waals surface area contributed by atoms with Gasteiger partial charge in [-0.15, -0.1) is 0 Å². The van der Waals surface area contributed by atoms with Crippen LogP contribution in [0.3, 0.4) is 0 Å². The normalized spacial score (nSPS) is 21.6. The average Bonchev–Trinajstić information content (AvgIpc) is 2.67. The highest BCUT2D eigenvalue weighted by Gasteiger charge is 2.40. The molecule has 148 valence electrons. The number of carbonyl (C=O) groups is 2. The third-order valence-corrected chi connectivity index (χ3v) is 5.39. The first-order valence-corrected chi connectivity index (χ1v) is 9.84. The van der Waals surface area contributed by atoms with Gasteiger partial charge in [0.15, 0.2) is 5.78 Å². The van der Waals surface area contributed by atoms with E-state index in [9.17, 15) is 9.59 Å². The summed E-state index contributed by atoms with van der Waals surface area (Å²) in [6.45, 7) is 5.82. The Morgan fingerprint density at radius 1 is 1.14 bits per heavy atom. The molecular formula is C23H24N4O2. The largest absolute Gasteiger partial charge is 0.362 e. The molecule has 2 unspecified atom stereocenters. The molecule has 0 bridgehead atoms. The maximum Gasteiger partial charge on any atom is 0.255 e. The van der Waals surface area contributed by atoms with Gasteiger partial charge in [0.2, 0.25) is 0 Å². The Morgan fingerprint density at radius 3 is 2.69 bits per heavy atom. The molecule has 3 heterocycles. The van der Waals surface area contributed by atoms with Gasteiger partial charge in [0, 0.05) is 40.9 Å². The number of nitrogens with one attached hydrogen (secondary N) is 2. The topological polar surface area (TPSA) is 84.0 Å².